The summed E-state index contributed by atoms with van der Waals surface area (Å²) in [5.74, 6) is 0.948. The minimum Gasteiger partial charge on any atom is -0.370 e. The molecule has 2 aromatic rings. The van der Waals surface area contributed by atoms with Crippen LogP contribution in [0.5, 0.6) is 0 Å². The van der Waals surface area contributed by atoms with Gasteiger partial charge < -0.3 is 5.32 Å². The monoisotopic (exact) mass is 186 g/mol. The summed E-state index contributed by atoms with van der Waals surface area (Å²) in [4.78, 5) is 4.49. The Labute approximate surface area is 84.0 Å². The van der Waals surface area contributed by atoms with Crippen LogP contribution in [0.15, 0.2) is 30.3 Å². The Morgan fingerprint density at radius 3 is 2.86 bits per heavy atom. The third-order valence-electron chi connectivity index (χ3n) is 2.20. The van der Waals surface area contributed by atoms with E-state index in [0.29, 0.717) is 0 Å². The minimum atomic E-state index is 0.907. The van der Waals surface area contributed by atoms with Gasteiger partial charge in [0.05, 0.1) is 5.52 Å². The maximum Gasteiger partial charge on any atom is 0.126 e. The number of hydrogen-bond donors (Lipinski definition) is 1. The fourth-order valence-corrected chi connectivity index (χ4v) is 1.52. The van der Waals surface area contributed by atoms with Crippen molar-refractivity contribution in [1.29, 1.82) is 0 Å². The molecule has 0 fully saturated rings. The number of hydrogen-bond acceptors (Lipinski definition) is 2. The molecule has 0 bridgehead atoms. The summed E-state index contributed by atoms with van der Waals surface area (Å²) >= 11 is 0. The second-order valence-electron chi connectivity index (χ2n) is 3.42. The molecular weight excluding hydrogens is 172 g/mol. The maximum atomic E-state index is 4.49. The van der Waals surface area contributed by atoms with E-state index in [1.165, 1.54) is 10.9 Å². The van der Waals surface area contributed by atoms with Gasteiger partial charge in [0.2, 0.25) is 0 Å². The predicted molar refractivity (Wildman–Crippen MR) is 60.6 cm³/mol. The second kappa shape index (κ2) is 3.66. The van der Waals surface area contributed by atoms with Crippen LogP contribution in [0.3, 0.4) is 0 Å². The first-order valence-corrected chi connectivity index (χ1v) is 4.91. The highest BCUT2D eigenvalue weighted by Crippen LogP contribution is 2.16. The zero-order valence-electron chi connectivity index (χ0n) is 8.54. The van der Waals surface area contributed by atoms with Gasteiger partial charge in [0.25, 0.3) is 0 Å². The molecule has 0 aliphatic carbocycles. The highest BCUT2D eigenvalue weighted by atomic mass is 15.0. The van der Waals surface area contributed by atoms with Crippen molar-refractivity contribution in [3.8, 4) is 0 Å². The normalized spacial score (nSPS) is 10.4. The fraction of sp³-hybridized carbons (Fsp3) is 0.250. The average Bonchev–Trinajstić information content (AvgIpc) is 2.19. The molecule has 1 N–H and O–H groups in total. The molecule has 1 aromatic heterocycles. The van der Waals surface area contributed by atoms with E-state index in [1.54, 1.807) is 0 Å². The van der Waals surface area contributed by atoms with Crippen LogP contribution >= 0.6 is 0 Å². The molecule has 0 radical (unpaired) electrons. The lowest BCUT2D eigenvalue weighted by atomic mass is 10.1. The molecule has 2 nitrogen and oxygen atoms in total. The minimum absolute atomic E-state index is 0.907. The van der Waals surface area contributed by atoms with E-state index < -0.39 is 0 Å². The number of pyridine rings is 1. The third-order valence-corrected chi connectivity index (χ3v) is 2.20. The van der Waals surface area contributed by atoms with Crippen molar-refractivity contribution in [3.63, 3.8) is 0 Å². The van der Waals surface area contributed by atoms with Gasteiger partial charge in [-0.1, -0.05) is 11.6 Å². The summed E-state index contributed by atoms with van der Waals surface area (Å²) in [6.07, 6.45) is 0. The number of anilines is 1. The lowest BCUT2D eigenvalue weighted by Crippen LogP contribution is -1.98. The van der Waals surface area contributed by atoms with Crippen LogP contribution in [0.2, 0.25) is 0 Å². The Balaban J connectivity index is 2.50. The summed E-state index contributed by atoms with van der Waals surface area (Å²) in [6.45, 7) is 5.07. The Morgan fingerprint density at radius 2 is 2.07 bits per heavy atom. The topological polar surface area (TPSA) is 24.9 Å². The van der Waals surface area contributed by atoms with E-state index in [-0.39, 0.29) is 0 Å². The molecular formula is C12H14N2. The Kier molecular flexibility index (Phi) is 2.35. The van der Waals surface area contributed by atoms with Gasteiger partial charge >= 0.3 is 0 Å². The second-order valence-corrected chi connectivity index (χ2v) is 3.42. The molecule has 0 unspecified atom stereocenters. The molecule has 2 heteroatoms. The average molecular weight is 186 g/mol. The van der Waals surface area contributed by atoms with Crippen molar-refractivity contribution >= 4 is 16.7 Å². The van der Waals surface area contributed by atoms with E-state index in [1.807, 2.05) is 6.07 Å². The van der Waals surface area contributed by atoms with E-state index in [2.05, 4.69) is 48.4 Å². The van der Waals surface area contributed by atoms with Crippen molar-refractivity contribution in [2.75, 3.05) is 11.9 Å². The molecule has 1 aromatic carbocycles. The fourth-order valence-electron chi connectivity index (χ4n) is 1.52. The predicted octanol–water partition coefficient (Wildman–Crippen LogP) is 2.98. The van der Waals surface area contributed by atoms with Gasteiger partial charge in [0.1, 0.15) is 5.82 Å². The van der Waals surface area contributed by atoms with Crippen LogP contribution < -0.4 is 5.32 Å². The highest BCUT2D eigenvalue weighted by molar-refractivity contribution is 5.80. The first-order chi connectivity index (χ1) is 6.79. The van der Waals surface area contributed by atoms with Crippen molar-refractivity contribution in [3.05, 3.63) is 35.9 Å². The van der Waals surface area contributed by atoms with Gasteiger partial charge in [-0.2, -0.15) is 0 Å². The van der Waals surface area contributed by atoms with Crippen molar-refractivity contribution < 1.29 is 0 Å². The molecule has 0 aliphatic heterocycles. The largest absolute Gasteiger partial charge is 0.370 e. The number of aromatic nitrogens is 1. The number of aryl methyl sites for hydroxylation is 1. The number of rotatable bonds is 2. The van der Waals surface area contributed by atoms with Gasteiger partial charge in [0.15, 0.2) is 0 Å². The molecule has 72 valence electrons. The lowest BCUT2D eigenvalue weighted by molar-refractivity contribution is 1.17. The Morgan fingerprint density at radius 1 is 1.21 bits per heavy atom. The molecule has 0 saturated heterocycles. The number of nitrogens with one attached hydrogen (secondary N) is 1. The summed E-state index contributed by atoms with van der Waals surface area (Å²) in [7, 11) is 0. The van der Waals surface area contributed by atoms with Crippen LogP contribution in [-0.4, -0.2) is 11.5 Å². The van der Waals surface area contributed by atoms with Gasteiger partial charge in [-0.15, -0.1) is 0 Å². The number of fused-ring (bicyclic) bond motifs is 1. The molecule has 0 atom stereocenters. The molecule has 0 saturated carbocycles. The highest BCUT2D eigenvalue weighted by Gasteiger charge is 1.96. The molecule has 1 heterocycles. The lowest BCUT2D eigenvalue weighted by Gasteiger charge is -2.04. The van der Waals surface area contributed by atoms with Crippen LogP contribution in [0.4, 0.5) is 5.82 Å². The van der Waals surface area contributed by atoms with Gasteiger partial charge in [0, 0.05) is 11.9 Å². The molecule has 0 aliphatic rings. The molecule has 14 heavy (non-hydrogen) atoms. The van der Waals surface area contributed by atoms with Gasteiger partial charge in [-0.3, -0.25) is 0 Å². The maximum absolute atomic E-state index is 4.49. The molecule has 0 spiro atoms. The van der Waals surface area contributed by atoms with Gasteiger partial charge in [-0.05, 0) is 38.1 Å². The third kappa shape index (κ3) is 1.69. The van der Waals surface area contributed by atoms with Crippen LogP contribution in [0.1, 0.15) is 12.5 Å². The smallest absolute Gasteiger partial charge is 0.126 e. The van der Waals surface area contributed by atoms with Crippen molar-refractivity contribution in [2.45, 2.75) is 13.8 Å². The first kappa shape index (κ1) is 9.00. The van der Waals surface area contributed by atoms with Crippen LogP contribution in [0.25, 0.3) is 10.9 Å². The van der Waals surface area contributed by atoms with Crippen molar-refractivity contribution in [1.82, 2.24) is 4.98 Å². The molecule has 2 rings (SSSR count). The van der Waals surface area contributed by atoms with E-state index >= 15 is 0 Å². The zero-order chi connectivity index (χ0) is 9.97. The Bertz CT molecular complexity index is 449. The summed E-state index contributed by atoms with van der Waals surface area (Å²) < 4.78 is 0. The zero-order valence-corrected chi connectivity index (χ0v) is 8.54. The summed E-state index contributed by atoms with van der Waals surface area (Å²) in [5.41, 5.74) is 2.32. The SMILES string of the molecule is CCNc1ccc2cc(C)ccc2n1. The summed E-state index contributed by atoms with van der Waals surface area (Å²) in [5, 5.41) is 4.40. The number of benzene rings is 1. The quantitative estimate of drug-likeness (QED) is 0.780. The van der Waals surface area contributed by atoms with E-state index in [0.717, 1.165) is 17.9 Å². The van der Waals surface area contributed by atoms with Gasteiger partial charge in [-0.25, -0.2) is 4.98 Å². The van der Waals surface area contributed by atoms with E-state index in [4.69, 9.17) is 0 Å². The van der Waals surface area contributed by atoms with Crippen molar-refractivity contribution in [2.24, 2.45) is 0 Å². The number of nitrogens with zero attached hydrogens (tertiary/aromatic N) is 1. The Hall–Kier alpha value is -1.57. The standard InChI is InChI=1S/C12H14N2/c1-3-13-12-7-5-10-8-9(2)4-6-11(10)14-12/h4-8H,3H2,1-2H3,(H,13,14). The molecule has 0 amide bonds. The summed E-state index contributed by atoms with van der Waals surface area (Å²) in [6, 6.07) is 10.4. The van der Waals surface area contributed by atoms with Crippen LogP contribution in [-0.2, 0) is 0 Å². The first-order valence-electron chi connectivity index (χ1n) is 4.91. The van der Waals surface area contributed by atoms with E-state index in [9.17, 15) is 0 Å². The van der Waals surface area contributed by atoms with Crippen LogP contribution in [0, 0.1) is 6.92 Å².